The molecule has 0 aliphatic heterocycles. The van der Waals surface area contributed by atoms with E-state index in [4.69, 9.17) is 16.3 Å². The average Bonchev–Trinajstić information content (AvgIpc) is 2.43. The zero-order valence-electron chi connectivity index (χ0n) is 11.0. The Hall–Kier alpha value is -1.87. The first kappa shape index (κ1) is 14.5. The number of hydrogen-bond acceptors (Lipinski definition) is 2. The average molecular weight is 293 g/mol. The highest BCUT2D eigenvalue weighted by molar-refractivity contribution is 6.30. The van der Waals surface area contributed by atoms with Crippen molar-refractivity contribution < 1.29 is 13.9 Å². The molecule has 2 rings (SSSR count). The molecular weight excluding hydrogens is 279 g/mol. The Labute approximate surface area is 122 Å². The van der Waals surface area contributed by atoms with Gasteiger partial charge in [0.15, 0.2) is 5.78 Å². The molecule has 0 bridgehead atoms. The standard InChI is InChI=1S/C16H14ClFO2/c1-11-2-5-13(17)10-16(11)20-9-8-15(19)12-3-6-14(18)7-4-12/h2-7,10H,8-9H2,1H3. The summed E-state index contributed by atoms with van der Waals surface area (Å²) in [6.07, 6.45) is 0.234. The van der Waals surface area contributed by atoms with E-state index in [0.29, 0.717) is 16.3 Å². The smallest absolute Gasteiger partial charge is 0.166 e. The van der Waals surface area contributed by atoms with Crippen LogP contribution in [0.1, 0.15) is 22.3 Å². The van der Waals surface area contributed by atoms with Gasteiger partial charge in [-0.25, -0.2) is 4.39 Å². The number of ether oxygens (including phenoxy) is 1. The summed E-state index contributed by atoms with van der Waals surface area (Å²) in [7, 11) is 0. The summed E-state index contributed by atoms with van der Waals surface area (Å²) in [6, 6.07) is 10.9. The molecule has 2 aromatic rings. The third-order valence-electron chi connectivity index (χ3n) is 2.90. The largest absolute Gasteiger partial charge is 0.493 e. The summed E-state index contributed by atoms with van der Waals surface area (Å²) in [5.74, 6) is 0.237. The lowest BCUT2D eigenvalue weighted by molar-refractivity contribution is 0.0962. The monoisotopic (exact) mass is 292 g/mol. The highest BCUT2D eigenvalue weighted by atomic mass is 35.5. The van der Waals surface area contributed by atoms with Crippen LogP contribution in [0.25, 0.3) is 0 Å². The van der Waals surface area contributed by atoms with E-state index in [1.54, 1.807) is 12.1 Å². The predicted octanol–water partition coefficient (Wildman–Crippen LogP) is 4.44. The Morgan fingerprint density at radius 3 is 2.60 bits per heavy atom. The molecule has 0 aromatic heterocycles. The van der Waals surface area contributed by atoms with Crippen molar-refractivity contribution in [2.24, 2.45) is 0 Å². The molecule has 0 radical (unpaired) electrons. The van der Waals surface area contributed by atoms with Crippen LogP contribution in [-0.2, 0) is 0 Å². The molecule has 0 heterocycles. The number of halogens is 2. The fourth-order valence-corrected chi connectivity index (χ4v) is 1.93. The van der Waals surface area contributed by atoms with Gasteiger partial charge in [0.25, 0.3) is 0 Å². The first-order chi connectivity index (χ1) is 9.56. The molecule has 0 N–H and O–H groups in total. The quantitative estimate of drug-likeness (QED) is 0.762. The Morgan fingerprint density at radius 1 is 1.20 bits per heavy atom. The van der Waals surface area contributed by atoms with Crippen LogP contribution in [-0.4, -0.2) is 12.4 Å². The number of rotatable bonds is 5. The maximum atomic E-state index is 12.8. The van der Waals surface area contributed by atoms with Crippen LogP contribution < -0.4 is 4.74 Å². The Bertz CT molecular complexity index is 608. The van der Waals surface area contributed by atoms with E-state index in [1.807, 2.05) is 13.0 Å². The first-order valence-corrected chi connectivity index (χ1v) is 6.62. The lowest BCUT2D eigenvalue weighted by Gasteiger charge is -2.09. The number of Topliss-reactive ketones (excluding diaryl/α,β-unsaturated/α-hetero) is 1. The van der Waals surface area contributed by atoms with E-state index in [2.05, 4.69) is 0 Å². The second-order valence-electron chi connectivity index (χ2n) is 4.44. The van der Waals surface area contributed by atoms with Crippen molar-refractivity contribution in [1.82, 2.24) is 0 Å². The molecule has 104 valence electrons. The Morgan fingerprint density at radius 2 is 1.90 bits per heavy atom. The summed E-state index contributed by atoms with van der Waals surface area (Å²) in [5, 5.41) is 0.593. The SMILES string of the molecule is Cc1ccc(Cl)cc1OCCC(=O)c1ccc(F)cc1. The van der Waals surface area contributed by atoms with E-state index in [9.17, 15) is 9.18 Å². The molecule has 2 aromatic carbocycles. The molecule has 0 aliphatic rings. The topological polar surface area (TPSA) is 26.3 Å². The lowest BCUT2D eigenvalue weighted by atomic mass is 10.1. The maximum absolute atomic E-state index is 12.8. The zero-order chi connectivity index (χ0) is 14.5. The Balaban J connectivity index is 1.91. The number of benzene rings is 2. The molecule has 0 fully saturated rings. The maximum Gasteiger partial charge on any atom is 0.166 e. The highest BCUT2D eigenvalue weighted by Gasteiger charge is 2.07. The minimum atomic E-state index is -0.354. The number of ketones is 1. The Kier molecular flexibility index (Phi) is 4.74. The van der Waals surface area contributed by atoms with Crippen molar-refractivity contribution >= 4 is 17.4 Å². The molecule has 0 saturated carbocycles. The molecule has 0 spiro atoms. The number of hydrogen-bond donors (Lipinski definition) is 0. The second kappa shape index (κ2) is 6.53. The van der Waals surface area contributed by atoms with Gasteiger partial charge < -0.3 is 4.74 Å². The van der Waals surface area contributed by atoms with Gasteiger partial charge in [-0.2, -0.15) is 0 Å². The lowest BCUT2D eigenvalue weighted by Crippen LogP contribution is -2.07. The fraction of sp³-hybridized carbons (Fsp3) is 0.188. The minimum Gasteiger partial charge on any atom is -0.493 e. The third kappa shape index (κ3) is 3.81. The van der Waals surface area contributed by atoms with E-state index >= 15 is 0 Å². The molecule has 0 atom stereocenters. The number of carbonyl (C=O) groups is 1. The summed E-state index contributed by atoms with van der Waals surface area (Å²) < 4.78 is 18.3. The molecule has 4 heteroatoms. The first-order valence-electron chi connectivity index (χ1n) is 6.24. The van der Waals surface area contributed by atoms with Crippen molar-refractivity contribution in [2.45, 2.75) is 13.3 Å². The molecule has 2 nitrogen and oxygen atoms in total. The number of carbonyl (C=O) groups excluding carboxylic acids is 1. The minimum absolute atomic E-state index is 0.0790. The van der Waals surface area contributed by atoms with E-state index in [-0.39, 0.29) is 24.6 Å². The fourth-order valence-electron chi connectivity index (χ4n) is 1.76. The van der Waals surface area contributed by atoms with Crippen molar-refractivity contribution in [3.63, 3.8) is 0 Å². The van der Waals surface area contributed by atoms with Gasteiger partial charge in [-0.05, 0) is 48.9 Å². The summed E-state index contributed by atoms with van der Waals surface area (Å²) in [5.41, 5.74) is 1.45. The van der Waals surface area contributed by atoms with Crippen molar-refractivity contribution in [1.29, 1.82) is 0 Å². The highest BCUT2D eigenvalue weighted by Crippen LogP contribution is 2.22. The van der Waals surface area contributed by atoms with E-state index < -0.39 is 0 Å². The van der Waals surface area contributed by atoms with Gasteiger partial charge in [-0.15, -0.1) is 0 Å². The van der Waals surface area contributed by atoms with Crippen molar-refractivity contribution in [3.8, 4) is 5.75 Å². The number of aryl methyl sites for hydroxylation is 1. The normalized spacial score (nSPS) is 10.3. The summed E-state index contributed by atoms with van der Waals surface area (Å²) >= 11 is 5.89. The van der Waals surface area contributed by atoms with Crippen LogP contribution in [0.3, 0.4) is 0 Å². The van der Waals surface area contributed by atoms with Crippen LogP contribution in [0, 0.1) is 12.7 Å². The van der Waals surface area contributed by atoms with Crippen molar-refractivity contribution in [2.75, 3.05) is 6.61 Å². The van der Waals surface area contributed by atoms with Gasteiger partial charge >= 0.3 is 0 Å². The van der Waals surface area contributed by atoms with Gasteiger partial charge in [-0.3, -0.25) is 4.79 Å². The van der Waals surface area contributed by atoms with Crippen LogP contribution in [0.5, 0.6) is 5.75 Å². The van der Waals surface area contributed by atoms with Crippen LogP contribution >= 0.6 is 11.6 Å². The van der Waals surface area contributed by atoms with Gasteiger partial charge in [0.2, 0.25) is 0 Å². The van der Waals surface area contributed by atoms with Crippen LogP contribution in [0.4, 0.5) is 4.39 Å². The third-order valence-corrected chi connectivity index (χ3v) is 3.14. The molecule has 0 unspecified atom stereocenters. The van der Waals surface area contributed by atoms with Crippen LogP contribution in [0.15, 0.2) is 42.5 Å². The zero-order valence-corrected chi connectivity index (χ0v) is 11.8. The van der Waals surface area contributed by atoms with Gasteiger partial charge in [0.05, 0.1) is 6.61 Å². The summed E-state index contributed by atoms with van der Waals surface area (Å²) in [4.78, 5) is 11.9. The van der Waals surface area contributed by atoms with Gasteiger partial charge in [0.1, 0.15) is 11.6 Å². The second-order valence-corrected chi connectivity index (χ2v) is 4.87. The van der Waals surface area contributed by atoms with Gasteiger partial charge in [0, 0.05) is 17.0 Å². The van der Waals surface area contributed by atoms with E-state index in [0.717, 1.165) is 5.56 Å². The van der Waals surface area contributed by atoms with Crippen molar-refractivity contribution in [3.05, 3.63) is 64.4 Å². The molecule has 0 saturated heterocycles. The predicted molar refractivity (Wildman–Crippen MR) is 77.0 cm³/mol. The summed E-state index contributed by atoms with van der Waals surface area (Å²) in [6.45, 7) is 2.17. The molecule has 0 aliphatic carbocycles. The molecular formula is C16H14ClFO2. The van der Waals surface area contributed by atoms with Gasteiger partial charge in [-0.1, -0.05) is 17.7 Å². The van der Waals surface area contributed by atoms with Crippen LogP contribution in [0.2, 0.25) is 5.02 Å². The molecule has 0 amide bonds. The van der Waals surface area contributed by atoms with E-state index in [1.165, 1.54) is 24.3 Å². The molecule has 20 heavy (non-hydrogen) atoms.